The van der Waals surface area contributed by atoms with E-state index in [-0.39, 0.29) is 0 Å². The molecule has 18 heavy (non-hydrogen) atoms. The van der Waals surface area contributed by atoms with Gasteiger partial charge < -0.3 is 10.2 Å². The molecule has 1 aromatic heterocycles. The second-order valence-electron chi connectivity index (χ2n) is 5.30. The van der Waals surface area contributed by atoms with Crippen molar-refractivity contribution in [1.29, 1.82) is 0 Å². The zero-order valence-electron chi connectivity index (χ0n) is 11.6. The molecule has 0 atom stereocenters. The summed E-state index contributed by atoms with van der Waals surface area (Å²) in [6, 6.07) is 2.64. The molecule has 1 aliphatic heterocycles. The van der Waals surface area contributed by atoms with Gasteiger partial charge in [0.2, 0.25) is 0 Å². The Morgan fingerprint density at radius 1 is 1.44 bits per heavy atom. The fraction of sp³-hybridized carbons (Fsp3) is 0.533. The van der Waals surface area contributed by atoms with Gasteiger partial charge >= 0.3 is 0 Å². The highest BCUT2D eigenvalue weighted by atomic mass is 15.1. The molecule has 2 rings (SSSR count). The van der Waals surface area contributed by atoms with Crippen LogP contribution in [0, 0.1) is 0 Å². The number of pyridine rings is 1. The van der Waals surface area contributed by atoms with Gasteiger partial charge in [-0.05, 0) is 19.4 Å². The molecule has 1 N–H and O–H groups in total. The minimum atomic E-state index is 0.501. The van der Waals surface area contributed by atoms with Gasteiger partial charge in [-0.1, -0.05) is 25.5 Å². The molecule has 0 radical (unpaired) electrons. The van der Waals surface area contributed by atoms with Gasteiger partial charge in [0.1, 0.15) is 0 Å². The van der Waals surface area contributed by atoms with Crippen LogP contribution in [0.4, 0.5) is 5.69 Å². The van der Waals surface area contributed by atoms with E-state index in [2.05, 4.69) is 48.1 Å². The van der Waals surface area contributed by atoms with Crippen LogP contribution in [-0.2, 0) is 6.54 Å². The Morgan fingerprint density at radius 3 is 3.00 bits per heavy atom. The highest BCUT2D eigenvalue weighted by Gasteiger charge is 2.14. The SMILES string of the molecule is CC1=CCCN(c2ccncc2CNC(C)C)C1. The topological polar surface area (TPSA) is 28.2 Å². The maximum Gasteiger partial charge on any atom is 0.0445 e. The third-order valence-electron chi connectivity index (χ3n) is 3.25. The zero-order chi connectivity index (χ0) is 13.0. The minimum absolute atomic E-state index is 0.501. The number of nitrogens with zero attached hydrogens (tertiary/aromatic N) is 2. The summed E-state index contributed by atoms with van der Waals surface area (Å²) in [5, 5.41) is 3.47. The van der Waals surface area contributed by atoms with Crippen LogP contribution in [0.15, 0.2) is 30.1 Å². The summed E-state index contributed by atoms with van der Waals surface area (Å²) in [5.41, 5.74) is 4.08. The molecular weight excluding hydrogens is 222 g/mol. The van der Waals surface area contributed by atoms with Crippen molar-refractivity contribution in [2.45, 2.75) is 39.8 Å². The summed E-state index contributed by atoms with van der Waals surface area (Å²) in [5.74, 6) is 0. The molecule has 0 unspecified atom stereocenters. The maximum atomic E-state index is 4.26. The van der Waals surface area contributed by atoms with Gasteiger partial charge in [0.25, 0.3) is 0 Å². The number of aromatic nitrogens is 1. The van der Waals surface area contributed by atoms with Crippen LogP contribution in [0.2, 0.25) is 0 Å². The zero-order valence-corrected chi connectivity index (χ0v) is 11.6. The highest BCUT2D eigenvalue weighted by molar-refractivity contribution is 5.53. The lowest BCUT2D eigenvalue weighted by Crippen LogP contribution is -2.31. The van der Waals surface area contributed by atoms with Crippen LogP contribution in [0.1, 0.15) is 32.8 Å². The van der Waals surface area contributed by atoms with E-state index in [0.717, 1.165) is 26.1 Å². The molecule has 0 spiro atoms. The molecule has 3 nitrogen and oxygen atoms in total. The van der Waals surface area contributed by atoms with E-state index >= 15 is 0 Å². The van der Waals surface area contributed by atoms with Gasteiger partial charge in [0, 0.05) is 49.3 Å². The molecule has 0 bridgehead atoms. The summed E-state index contributed by atoms with van der Waals surface area (Å²) in [7, 11) is 0. The molecule has 98 valence electrons. The number of nitrogens with one attached hydrogen (secondary N) is 1. The molecule has 1 aliphatic rings. The van der Waals surface area contributed by atoms with Crippen molar-refractivity contribution >= 4 is 5.69 Å². The molecular formula is C15H23N3. The van der Waals surface area contributed by atoms with Crippen LogP contribution in [0.5, 0.6) is 0 Å². The minimum Gasteiger partial charge on any atom is -0.367 e. The number of anilines is 1. The fourth-order valence-corrected chi connectivity index (χ4v) is 2.30. The van der Waals surface area contributed by atoms with Crippen LogP contribution in [0.3, 0.4) is 0 Å². The third kappa shape index (κ3) is 3.33. The summed E-state index contributed by atoms with van der Waals surface area (Å²) in [6.45, 7) is 9.59. The summed E-state index contributed by atoms with van der Waals surface area (Å²) < 4.78 is 0. The normalized spacial score (nSPS) is 16.0. The van der Waals surface area contributed by atoms with Crippen molar-refractivity contribution in [2.24, 2.45) is 0 Å². The van der Waals surface area contributed by atoms with Crippen LogP contribution >= 0.6 is 0 Å². The van der Waals surface area contributed by atoms with Gasteiger partial charge in [-0.2, -0.15) is 0 Å². The molecule has 2 heterocycles. The predicted octanol–water partition coefficient (Wildman–Crippen LogP) is 2.74. The van der Waals surface area contributed by atoms with E-state index in [0.29, 0.717) is 6.04 Å². The van der Waals surface area contributed by atoms with E-state index in [1.807, 2.05) is 12.4 Å². The van der Waals surface area contributed by atoms with Crippen molar-refractivity contribution < 1.29 is 0 Å². The first kappa shape index (κ1) is 13.1. The Kier molecular flexibility index (Phi) is 4.37. The second-order valence-corrected chi connectivity index (χ2v) is 5.30. The van der Waals surface area contributed by atoms with Gasteiger partial charge in [0.05, 0.1) is 0 Å². The predicted molar refractivity (Wildman–Crippen MR) is 76.8 cm³/mol. The lowest BCUT2D eigenvalue weighted by atomic mass is 10.1. The molecule has 0 aliphatic carbocycles. The summed E-state index contributed by atoms with van der Waals surface area (Å²) in [4.78, 5) is 6.71. The van der Waals surface area contributed by atoms with Crippen molar-refractivity contribution in [3.8, 4) is 0 Å². The molecule has 3 heteroatoms. The number of hydrogen-bond acceptors (Lipinski definition) is 3. The largest absolute Gasteiger partial charge is 0.367 e. The Hall–Kier alpha value is -1.35. The highest BCUT2D eigenvalue weighted by Crippen LogP contribution is 2.23. The Balaban J connectivity index is 2.14. The van der Waals surface area contributed by atoms with Crippen molar-refractivity contribution in [2.75, 3.05) is 18.0 Å². The average molecular weight is 245 g/mol. The standard InChI is InChI=1S/C15H23N3/c1-12(2)17-10-14-9-16-7-6-15(14)18-8-4-5-13(3)11-18/h5-7,9,12,17H,4,8,10-11H2,1-3H3. The van der Waals surface area contributed by atoms with E-state index < -0.39 is 0 Å². The Morgan fingerprint density at radius 2 is 2.28 bits per heavy atom. The van der Waals surface area contributed by atoms with Crippen LogP contribution in [-0.4, -0.2) is 24.1 Å². The van der Waals surface area contributed by atoms with Crippen LogP contribution < -0.4 is 10.2 Å². The van der Waals surface area contributed by atoms with Gasteiger partial charge in [-0.15, -0.1) is 0 Å². The van der Waals surface area contributed by atoms with Crippen molar-refractivity contribution in [1.82, 2.24) is 10.3 Å². The maximum absolute atomic E-state index is 4.26. The number of hydrogen-bond donors (Lipinski definition) is 1. The monoisotopic (exact) mass is 245 g/mol. The number of rotatable bonds is 4. The van der Waals surface area contributed by atoms with Gasteiger partial charge in [-0.3, -0.25) is 4.98 Å². The second kappa shape index (κ2) is 6.01. The molecule has 0 fully saturated rings. The quantitative estimate of drug-likeness (QED) is 0.827. The molecule has 0 amide bonds. The first-order valence-electron chi connectivity index (χ1n) is 6.73. The van der Waals surface area contributed by atoms with Crippen molar-refractivity contribution in [3.05, 3.63) is 35.7 Å². The molecule has 1 aromatic rings. The first-order valence-corrected chi connectivity index (χ1v) is 6.73. The lowest BCUT2D eigenvalue weighted by molar-refractivity contribution is 0.586. The van der Waals surface area contributed by atoms with E-state index in [1.165, 1.54) is 16.8 Å². The Labute approximate surface area is 110 Å². The molecule has 0 aromatic carbocycles. The van der Waals surface area contributed by atoms with Gasteiger partial charge in [-0.25, -0.2) is 0 Å². The van der Waals surface area contributed by atoms with Gasteiger partial charge in [0.15, 0.2) is 0 Å². The van der Waals surface area contributed by atoms with E-state index in [4.69, 9.17) is 0 Å². The Bertz CT molecular complexity index is 424. The van der Waals surface area contributed by atoms with E-state index in [1.54, 1.807) is 0 Å². The summed E-state index contributed by atoms with van der Waals surface area (Å²) in [6.07, 6.45) is 7.36. The van der Waals surface area contributed by atoms with Crippen LogP contribution in [0.25, 0.3) is 0 Å². The summed E-state index contributed by atoms with van der Waals surface area (Å²) >= 11 is 0. The lowest BCUT2D eigenvalue weighted by Gasteiger charge is -2.30. The fourth-order valence-electron chi connectivity index (χ4n) is 2.30. The first-order chi connectivity index (χ1) is 8.66. The van der Waals surface area contributed by atoms with E-state index in [9.17, 15) is 0 Å². The molecule has 0 saturated heterocycles. The molecule has 0 saturated carbocycles. The van der Waals surface area contributed by atoms with Crippen molar-refractivity contribution in [3.63, 3.8) is 0 Å². The third-order valence-corrected chi connectivity index (χ3v) is 3.25. The smallest absolute Gasteiger partial charge is 0.0445 e. The average Bonchev–Trinajstić information content (AvgIpc) is 2.36.